The summed E-state index contributed by atoms with van der Waals surface area (Å²) in [6.07, 6.45) is 0. The third-order valence-corrected chi connectivity index (χ3v) is 3.70. The fourth-order valence-corrected chi connectivity index (χ4v) is 2.35. The fourth-order valence-electron chi connectivity index (χ4n) is 1.66. The highest BCUT2D eigenvalue weighted by Crippen LogP contribution is 2.23. The van der Waals surface area contributed by atoms with E-state index in [-0.39, 0.29) is 17.0 Å². The molecule has 23 heavy (non-hydrogen) atoms. The van der Waals surface area contributed by atoms with Gasteiger partial charge in [-0.25, -0.2) is 9.18 Å². The Kier molecular flexibility index (Phi) is 5.73. The number of ether oxygens (including phenoxy) is 1. The fraction of sp³-hybridized carbons (Fsp3) is 0.0667. The van der Waals surface area contributed by atoms with Gasteiger partial charge in [0.05, 0.1) is 5.69 Å². The van der Waals surface area contributed by atoms with E-state index >= 15 is 0 Å². The molecule has 2 rings (SSSR count). The Morgan fingerprint density at radius 2 is 1.78 bits per heavy atom. The van der Waals surface area contributed by atoms with Crippen LogP contribution < -0.4 is 5.32 Å². The molecule has 0 aromatic heterocycles. The van der Waals surface area contributed by atoms with E-state index in [0.29, 0.717) is 8.95 Å². The predicted octanol–water partition coefficient (Wildman–Crippen LogP) is 3.85. The van der Waals surface area contributed by atoms with Crippen molar-refractivity contribution in [2.24, 2.45) is 0 Å². The van der Waals surface area contributed by atoms with E-state index in [9.17, 15) is 19.1 Å². The summed E-state index contributed by atoms with van der Waals surface area (Å²) in [6.45, 7) is -0.611. The summed E-state index contributed by atoms with van der Waals surface area (Å²) >= 11 is 6.26. The molecule has 5 nitrogen and oxygen atoms in total. The summed E-state index contributed by atoms with van der Waals surface area (Å²) in [7, 11) is 0. The number of carbonyl (C=O) groups is 2. The van der Waals surface area contributed by atoms with Gasteiger partial charge in [0, 0.05) is 8.95 Å². The quantitative estimate of drug-likeness (QED) is 0.699. The van der Waals surface area contributed by atoms with Crippen LogP contribution in [0.5, 0.6) is 5.75 Å². The van der Waals surface area contributed by atoms with Crippen LogP contribution in [0, 0.1) is 5.82 Å². The van der Waals surface area contributed by atoms with Gasteiger partial charge in [-0.3, -0.25) is 4.79 Å². The topological polar surface area (TPSA) is 75.6 Å². The van der Waals surface area contributed by atoms with E-state index in [2.05, 4.69) is 37.2 Å². The van der Waals surface area contributed by atoms with E-state index in [1.165, 1.54) is 24.3 Å². The summed E-state index contributed by atoms with van der Waals surface area (Å²) in [6, 6.07) is 8.36. The molecular formula is C15H10Br2FNO4. The zero-order valence-corrected chi connectivity index (χ0v) is 14.6. The third kappa shape index (κ3) is 4.77. The first-order valence-corrected chi connectivity index (χ1v) is 7.86. The highest BCUT2D eigenvalue weighted by Gasteiger charge is 2.15. The van der Waals surface area contributed by atoms with Crippen molar-refractivity contribution in [1.29, 1.82) is 0 Å². The van der Waals surface area contributed by atoms with Gasteiger partial charge in [0.1, 0.15) is 17.1 Å². The number of phenolic OH excluding ortho intramolecular Hbond substituents is 1. The maximum Gasteiger partial charge on any atom is 0.342 e. The van der Waals surface area contributed by atoms with Crippen LogP contribution in [0.2, 0.25) is 0 Å². The Hall–Kier alpha value is -1.93. The molecule has 0 saturated carbocycles. The van der Waals surface area contributed by atoms with Crippen LogP contribution in [-0.2, 0) is 9.53 Å². The SMILES string of the molecule is O=C(COC(=O)c1cc(Br)ccc1O)Nc1ccc(Br)cc1F. The lowest BCUT2D eigenvalue weighted by Crippen LogP contribution is -2.21. The Bertz CT molecular complexity index is 767. The maximum atomic E-state index is 13.6. The molecule has 2 aromatic carbocycles. The smallest absolute Gasteiger partial charge is 0.342 e. The Morgan fingerprint density at radius 1 is 1.13 bits per heavy atom. The van der Waals surface area contributed by atoms with Gasteiger partial charge >= 0.3 is 5.97 Å². The number of benzene rings is 2. The number of hydrogen-bond donors (Lipinski definition) is 2. The molecule has 0 bridgehead atoms. The van der Waals surface area contributed by atoms with Crippen molar-refractivity contribution in [2.45, 2.75) is 0 Å². The second kappa shape index (κ2) is 7.56. The molecule has 0 aliphatic heterocycles. The van der Waals surface area contributed by atoms with Gasteiger partial charge in [0.25, 0.3) is 5.91 Å². The first-order chi connectivity index (χ1) is 10.9. The number of hydrogen-bond acceptors (Lipinski definition) is 4. The number of halogens is 3. The Balaban J connectivity index is 1.96. The minimum atomic E-state index is -0.866. The third-order valence-electron chi connectivity index (χ3n) is 2.72. The lowest BCUT2D eigenvalue weighted by Gasteiger charge is -2.08. The van der Waals surface area contributed by atoms with Crippen LogP contribution in [0.25, 0.3) is 0 Å². The number of nitrogens with one attached hydrogen (secondary N) is 1. The second-order valence-electron chi connectivity index (χ2n) is 4.41. The van der Waals surface area contributed by atoms with Gasteiger partial charge in [0.15, 0.2) is 6.61 Å². The summed E-state index contributed by atoms with van der Waals surface area (Å²) in [5.41, 5.74) is -0.110. The van der Waals surface area contributed by atoms with Crippen LogP contribution in [0.4, 0.5) is 10.1 Å². The number of amides is 1. The van der Waals surface area contributed by atoms with Gasteiger partial charge in [-0.15, -0.1) is 0 Å². The predicted molar refractivity (Wildman–Crippen MR) is 88.8 cm³/mol. The van der Waals surface area contributed by atoms with E-state index in [4.69, 9.17) is 4.74 Å². The average molecular weight is 447 g/mol. The normalized spacial score (nSPS) is 10.2. The first-order valence-electron chi connectivity index (χ1n) is 6.27. The van der Waals surface area contributed by atoms with Crippen LogP contribution >= 0.6 is 31.9 Å². The van der Waals surface area contributed by atoms with Crippen molar-refractivity contribution in [3.05, 3.63) is 56.7 Å². The largest absolute Gasteiger partial charge is 0.507 e. The molecule has 0 aliphatic carbocycles. The summed E-state index contributed by atoms with van der Waals surface area (Å²) < 4.78 is 19.5. The van der Waals surface area contributed by atoms with Crippen LogP contribution in [0.15, 0.2) is 45.3 Å². The zero-order valence-electron chi connectivity index (χ0n) is 11.5. The zero-order chi connectivity index (χ0) is 17.0. The second-order valence-corrected chi connectivity index (χ2v) is 6.24. The van der Waals surface area contributed by atoms with E-state index < -0.39 is 24.3 Å². The molecule has 2 aromatic rings. The molecule has 0 unspecified atom stereocenters. The van der Waals surface area contributed by atoms with Gasteiger partial charge < -0.3 is 15.2 Å². The van der Waals surface area contributed by atoms with Crippen molar-refractivity contribution in [2.75, 3.05) is 11.9 Å². The van der Waals surface area contributed by atoms with Gasteiger partial charge in [-0.1, -0.05) is 31.9 Å². The molecule has 1 amide bonds. The molecule has 0 aliphatic rings. The molecule has 120 valence electrons. The van der Waals surface area contributed by atoms with Gasteiger partial charge in [-0.2, -0.15) is 0 Å². The molecule has 0 heterocycles. The Labute approximate surface area is 147 Å². The molecular weight excluding hydrogens is 437 g/mol. The number of aromatic hydroxyl groups is 1. The molecule has 0 saturated heterocycles. The molecule has 0 radical (unpaired) electrons. The minimum absolute atomic E-state index is 0.0282. The minimum Gasteiger partial charge on any atom is -0.507 e. The highest BCUT2D eigenvalue weighted by atomic mass is 79.9. The Morgan fingerprint density at radius 3 is 2.48 bits per heavy atom. The maximum absolute atomic E-state index is 13.6. The standard InChI is InChI=1S/C15H10Br2FNO4/c16-8-2-4-13(20)10(5-8)15(22)23-7-14(21)19-12-3-1-9(17)6-11(12)18/h1-6,20H,7H2,(H,19,21). The molecule has 8 heteroatoms. The van der Waals surface area contributed by atoms with Gasteiger partial charge in [-0.05, 0) is 36.4 Å². The van der Waals surface area contributed by atoms with E-state index in [1.54, 1.807) is 12.1 Å². The van der Waals surface area contributed by atoms with Gasteiger partial charge in [0.2, 0.25) is 0 Å². The first kappa shape index (κ1) is 17.4. The number of phenols is 1. The van der Waals surface area contributed by atoms with Crippen molar-refractivity contribution in [3.63, 3.8) is 0 Å². The number of carbonyl (C=O) groups excluding carboxylic acids is 2. The lowest BCUT2D eigenvalue weighted by molar-refractivity contribution is -0.119. The van der Waals surface area contributed by atoms with E-state index in [0.717, 1.165) is 0 Å². The van der Waals surface area contributed by atoms with E-state index in [1.807, 2.05) is 0 Å². The van der Waals surface area contributed by atoms with Crippen LogP contribution in [0.3, 0.4) is 0 Å². The van der Waals surface area contributed by atoms with Crippen molar-refractivity contribution >= 4 is 49.4 Å². The van der Waals surface area contributed by atoms with Crippen LogP contribution in [-0.4, -0.2) is 23.6 Å². The number of rotatable bonds is 4. The molecule has 0 atom stereocenters. The van der Waals surface area contributed by atoms with Crippen molar-refractivity contribution < 1.29 is 23.8 Å². The van der Waals surface area contributed by atoms with Crippen molar-refractivity contribution in [3.8, 4) is 5.75 Å². The molecule has 2 N–H and O–H groups in total. The summed E-state index contributed by atoms with van der Waals surface area (Å²) in [4.78, 5) is 23.5. The summed E-state index contributed by atoms with van der Waals surface area (Å²) in [5.74, 6) is -2.45. The molecule has 0 fully saturated rings. The monoisotopic (exact) mass is 445 g/mol. The lowest BCUT2D eigenvalue weighted by atomic mass is 10.2. The van der Waals surface area contributed by atoms with Crippen molar-refractivity contribution in [1.82, 2.24) is 0 Å². The number of anilines is 1. The highest BCUT2D eigenvalue weighted by molar-refractivity contribution is 9.10. The van der Waals surface area contributed by atoms with Crippen LogP contribution in [0.1, 0.15) is 10.4 Å². The number of esters is 1. The average Bonchev–Trinajstić information content (AvgIpc) is 2.50. The summed E-state index contributed by atoms with van der Waals surface area (Å²) in [5, 5.41) is 11.9. The molecule has 0 spiro atoms.